The number of unbranched alkanes of at least 4 members (excludes halogenated alkanes) is 18. The van der Waals surface area contributed by atoms with Crippen molar-refractivity contribution < 1.29 is 9.47 Å². The molecule has 0 unspecified atom stereocenters. The molecule has 31 heavy (non-hydrogen) atoms. The number of alkyl halides is 1. The van der Waals surface area contributed by atoms with Gasteiger partial charge in [0.25, 0.3) is 0 Å². The van der Waals surface area contributed by atoms with Crippen LogP contribution in [-0.2, 0) is 9.47 Å². The Kier molecular flexibility index (Phi) is 28.8. The third kappa shape index (κ3) is 26.5. The van der Waals surface area contributed by atoms with Crippen molar-refractivity contribution in [2.45, 2.75) is 161 Å². The first kappa shape index (κ1) is 31.4. The first-order valence-electron chi connectivity index (χ1n) is 14.1. The molecule has 0 bridgehead atoms. The molecule has 0 aromatic rings. The summed E-state index contributed by atoms with van der Waals surface area (Å²) in [6, 6.07) is 0. The van der Waals surface area contributed by atoms with Gasteiger partial charge in [-0.15, -0.1) is 0 Å². The molecular weight excluding hydrogens is 448 g/mol. The van der Waals surface area contributed by atoms with Crippen LogP contribution in [0, 0.1) is 0 Å². The van der Waals surface area contributed by atoms with Gasteiger partial charge in [0.15, 0.2) is 6.29 Å². The van der Waals surface area contributed by atoms with E-state index in [4.69, 9.17) is 9.47 Å². The van der Waals surface area contributed by atoms with Crippen LogP contribution in [0.25, 0.3) is 0 Å². The van der Waals surface area contributed by atoms with Gasteiger partial charge in [-0.25, -0.2) is 0 Å². The molecule has 0 aliphatic rings. The van der Waals surface area contributed by atoms with Crippen LogP contribution in [-0.4, -0.2) is 24.8 Å². The Morgan fingerprint density at radius 2 is 0.806 bits per heavy atom. The Morgan fingerprint density at radius 3 is 1.23 bits per heavy atom. The van der Waals surface area contributed by atoms with Gasteiger partial charge in [-0.2, -0.15) is 0 Å². The zero-order valence-corrected chi connectivity index (χ0v) is 23.0. The summed E-state index contributed by atoms with van der Waals surface area (Å²) in [5.41, 5.74) is 0. The molecule has 0 aromatic heterocycles. The van der Waals surface area contributed by atoms with E-state index in [1.807, 2.05) is 0 Å². The molecule has 2 nitrogen and oxygen atoms in total. The van der Waals surface area contributed by atoms with Crippen LogP contribution in [0.5, 0.6) is 0 Å². The van der Waals surface area contributed by atoms with Gasteiger partial charge in [0.05, 0.1) is 0 Å². The zero-order chi connectivity index (χ0) is 22.7. The molecule has 0 spiro atoms. The molecule has 0 atom stereocenters. The molecule has 0 aliphatic carbocycles. The predicted molar refractivity (Wildman–Crippen MR) is 142 cm³/mol. The van der Waals surface area contributed by atoms with Gasteiger partial charge in [-0.1, -0.05) is 139 Å². The minimum Gasteiger partial charge on any atom is -0.353 e. The number of hydrogen-bond acceptors (Lipinski definition) is 2. The highest BCUT2D eigenvalue weighted by molar-refractivity contribution is 9.09. The maximum atomic E-state index is 6.16. The number of hydrogen-bond donors (Lipinski definition) is 0. The maximum absolute atomic E-state index is 6.16. The number of ether oxygens (including phenoxy) is 2. The lowest BCUT2D eigenvalue weighted by atomic mass is 10.1. The highest BCUT2D eigenvalue weighted by Crippen LogP contribution is 2.15. The standard InChI is InChI=1S/C28H57BrO2/c1-3-5-7-9-14-18-22-26-30-28(24-20-16-12-11-13-17-21-25-29)31-27-23-19-15-10-8-6-4-2/h28H,3-27H2,1-2H3. The van der Waals surface area contributed by atoms with Crippen LogP contribution < -0.4 is 0 Å². The maximum Gasteiger partial charge on any atom is 0.157 e. The third-order valence-electron chi connectivity index (χ3n) is 6.18. The van der Waals surface area contributed by atoms with Gasteiger partial charge in [0, 0.05) is 18.5 Å². The van der Waals surface area contributed by atoms with Crippen LogP contribution >= 0.6 is 15.9 Å². The zero-order valence-electron chi connectivity index (χ0n) is 21.4. The molecule has 0 aromatic carbocycles. The second kappa shape index (κ2) is 28.4. The van der Waals surface area contributed by atoms with E-state index < -0.39 is 0 Å². The molecule has 0 saturated heterocycles. The van der Waals surface area contributed by atoms with Gasteiger partial charge in [0.1, 0.15) is 0 Å². The van der Waals surface area contributed by atoms with Crippen molar-refractivity contribution in [3.8, 4) is 0 Å². The van der Waals surface area contributed by atoms with Crippen molar-refractivity contribution in [3.05, 3.63) is 0 Å². The third-order valence-corrected chi connectivity index (χ3v) is 6.74. The highest BCUT2D eigenvalue weighted by atomic mass is 79.9. The van der Waals surface area contributed by atoms with Crippen LogP contribution in [0.1, 0.15) is 155 Å². The van der Waals surface area contributed by atoms with E-state index in [1.54, 1.807) is 0 Å². The Balaban J connectivity index is 3.82. The fraction of sp³-hybridized carbons (Fsp3) is 1.00. The summed E-state index contributed by atoms with van der Waals surface area (Å²) >= 11 is 3.52. The normalized spacial score (nSPS) is 11.6. The minimum absolute atomic E-state index is 0.0357. The van der Waals surface area contributed by atoms with E-state index >= 15 is 0 Å². The largest absolute Gasteiger partial charge is 0.353 e. The first-order valence-corrected chi connectivity index (χ1v) is 15.3. The molecule has 188 valence electrons. The topological polar surface area (TPSA) is 18.5 Å². The SMILES string of the molecule is CCCCCCCCCOC(CCCCCCCCCBr)OCCCCCCCCC. The second-order valence-electron chi connectivity index (χ2n) is 9.37. The van der Waals surface area contributed by atoms with Crippen molar-refractivity contribution >= 4 is 15.9 Å². The van der Waals surface area contributed by atoms with Gasteiger partial charge in [-0.05, 0) is 32.1 Å². The highest BCUT2D eigenvalue weighted by Gasteiger charge is 2.09. The summed E-state index contributed by atoms with van der Waals surface area (Å²) in [7, 11) is 0. The van der Waals surface area contributed by atoms with Gasteiger partial charge >= 0.3 is 0 Å². The molecule has 3 heteroatoms. The van der Waals surface area contributed by atoms with Crippen molar-refractivity contribution in [3.63, 3.8) is 0 Å². The lowest BCUT2D eigenvalue weighted by Gasteiger charge is -2.19. The lowest BCUT2D eigenvalue weighted by molar-refractivity contribution is -0.148. The van der Waals surface area contributed by atoms with Crippen LogP contribution in [0.15, 0.2) is 0 Å². The minimum atomic E-state index is 0.0357. The van der Waals surface area contributed by atoms with Gasteiger partial charge in [-0.3, -0.25) is 0 Å². The lowest BCUT2D eigenvalue weighted by Crippen LogP contribution is -2.19. The van der Waals surface area contributed by atoms with Gasteiger partial charge < -0.3 is 9.47 Å². The summed E-state index contributed by atoms with van der Waals surface area (Å²) in [5, 5.41) is 1.15. The summed E-state index contributed by atoms with van der Waals surface area (Å²) in [5.74, 6) is 0. The molecule has 0 N–H and O–H groups in total. The fourth-order valence-electron chi connectivity index (χ4n) is 4.05. The van der Waals surface area contributed by atoms with Crippen molar-refractivity contribution in [2.24, 2.45) is 0 Å². The van der Waals surface area contributed by atoms with E-state index in [0.29, 0.717) is 0 Å². The Bertz CT molecular complexity index is 264. The monoisotopic (exact) mass is 504 g/mol. The molecule has 0 rings (SSSR count). The van der Waals surface area contributed by atoms with E-state index in [1.165, 1.54) is 135 Å². The molecular formula is C28H57BrO2. The Morgan fingerprint density at radius 1 is 0.452 bits per heavy atom. The van der Waals surface area contributed by atoms with Gasteiger partial charge in [0.2, 0.25) is 0 Å². The van der Waals surface area contributed by atoms with Crippen LogP contribution in [0.3, 0.4) is 0 Å². The molecule has 0 heterocycles. The van der Waals surface area contributed by atoms with Crippen molar-refractivity contribution in [1.29, 1.82) is 0 Å². The molecule has 0 fully saturated rings. The number of rotatable bonds is 27. The summed E-state index contributed by atoms with van der Waals surface area (Å²) in [4.78, 5) is 0. The van der Waals surface area contributed by atoms with Crippen LogP contribution in [0.2, 0.25) is 0 Å². The van der Waals surface area contributed by atoms with Crippen LogP contribution in [0.4, 0.5) is 0 Å². The van der Waals surface area contributed by atoms with E-state index in [0.717, 1.165) is 25.0 Å². The predicted octanol–water partition coefficient (Wildman–Crippen LogP) is 10.4. The smallest absolute Gasteiger partial charge is 0.157 e. The molecule has 0 radical (unpaired) electrons. The Labute approximate surface area is 205 Å². The van der Waals surface area contributed by atoms with Crippen molar-refractivity contribution in [2.75, 3.05) is 18.5 Å². The quantitative estimate of drug-likeness (QED) is 0.0628. The average Bonchev–Trinajstić information content (AvgIpc) is 2.78. The van der Waals surface area contributed by atoms with Crippen molar-refractivity contribution in [1.82, 2.24) is 0 Å². The second-order valence-corrected chi connectivity index (χ2v) is 10.2. The number of halogens is 1. The molecule has 0 saturated carbocycles. The van der Waals surface area contributed by atoms with E-state index in [9.17, 15) is 0 Å². The average molecular weight is 506 g/mol. The van der Waals surface area contributed by atoms with E-state index in [2.05, 4.69) is 29.8 Å². The summed E-state index contributed by atoms with van der Waals surface area (Å²) in [6.07, 6.45) is 29.3. The summed E-state index contributed by atoms with van der Waals surface area (Å²) in [6.45, 7) is 6.32. The van der Waals surface area contributed by atoms with E-state index in [-0.39, 0.29) is 6.29 Å². The summed E-state index contributed by atoms with van der Waals surface area (Å²) < 4.78 is 12.3. The Hall–Kier alpha value is 0.400. The molecule has 0 amide bonds. The first-order chi connectivity index (χ1) is 15.3. The fourth-order valence-corrected chi connectivity index (χ4v) is 4.45. The molecule has 0 aliphatic heterocycles.